The van der Waals surface area contributed by atoms with Gasteiger partial charge in [0.15, 0.2) is 0 Å². The van der Waals surface area contributed by atoms with Gasteiger partial charge in [0.25, 0.3) is 15.9 Å². The van der Waals surface area contributed by atoms with Crippen molar-refractivity contribution < 1.29 is 17.6 Å². The normalized spacial score (nSPS) is 16.1. The van der Waals surface area contributed by atoms with E-state index in [-0.39, 0.29) is 21.3 Å². The van der Waals surface area contributed by atoms with Crippen LogP contribution in [-0.2, 0) is 17.1 Å². The number of carbonyl (C=O) groups excluding carboxylic acids is 1. The van der Waals surface area contributed by atoms with Crippen molar-refractivity contribution >= 4 is 33.2 Å². The molecule has 2 heterocycles. The van der Waals surface area contributed by atoms with Crippen molar-refractivity contribution in [3.63, 3.8) is 0 Å². The van der Waals surface area contributed by atoms with Gasteiger partial charge in [0.05, 0.1) is 10.6 Å². The lowest BCUT2D eigenvalue weighted by Crippen LogP contribution is -2.33. The van der Waals surface area contributed by atoms with Gasteiger partial charge in [-0.1, -0.05) is 24.4 Å². The van der Waals surface area contributed by atoms with Crippen LogP contribution in [0.4, 0.5) is 10.1 Å². The Morgan fingerprint density at radius 1 is 1.22 bits per heavy atom. The molecule has 7 nitrogen and oxygen atoms in total. The van der Waals surface area contributed by atoms with E-state index in [1.807, 2.05) is 0 Å². The Bertz CT molecular complexity index is 953. The third kappa shape index (κ3) is 4.31. The zero-order valence-electron chi connectivity index (χ0n) is 14.8. The average Bonchev–Trinajstić information content (AvgIpc) is 2.83. The Morgan fingerprint density at radius 2 is 1.89 bits per heavy atom. The molecule has 1 aromatic heterocycles. The monoisotopic (exact) mass is 414 g/mol. The highest BCUT2D eigenvalue weighted by atomic mass is 35.5. The summed E-state index contributed by atoms with van der Waals surface area (Å²) in [7, 11) is -2.34. The van der Waals surface area contributed by atoms with Crippen molar-refractivity contribution in [3.05, 3.63) is 40.8 Å². The highest BCUT2D eigenvalue weighted by molar-refractivity contribution is 7.89. The van der Waals surface area contributed by atoms with Crippen LogP contribution < -0.4 is 5.32 Å². The van der Waals surface area contributed by atoms with E-state index >= 15 is 0 Å². The molecule has 0 radical (unpaired) electrons. The molecule has 1 saturated heterocycles. The Balaban J connectivity index is 1.90. The van der Waals surface area contributed by atoms with E-state index in [1.165, 1.54) is 27.3 Å². The van der Waals surface area contributed by atoms with Gasteiger partial charge in [-0.15, -0.1) is 0 Å². The molecular formula is C17H20ClFN4O3S. The highest BCUT2D eigenvalue weighted by Crippen LogP contribution is 2.24. The smallest absolute Gasteiger partial charge is 0.263 e. The zero-order chi connectivity index (χ0) is 19.6. The summed E-state index contributed by atoms with van der Waals surface area (Å²) in [6, 6.07) is 3.72. The lowest BCUT2D eigenvalue weighted by atomic mass is 10.2. The molecule has 10 heteroatoms. The minimum atomic E-state index is -3.89. The van der Waals surface area contributed by atoms with Crippen LogP contribution in [0.15, 0.2) is 29.4 Å². The van der Waals surface area contributed by atoms with E-state index in [0.717, 1.165) is 31.7 Å². The fraction of sp³-hybridized carbons (Fsp3) is 0.412. The summed E-state index contributed by atoms with van der Waals surface area (Å²) < 4.78 is 42.0. The number of hydrogen-bond acceptors (Lipinski definition) is 4. The van der Waals surface area contributed by atoms with Gasteiger partial charge in [0.1, 0.15) is 5.82 Å². The topological polar surface area (TPSA) is 84.3 Å². The third-order valence-electron chi connectivity index (χ3n) is 4.37. The number of nitrogens with one attached hydrogen (secondary N) is 1. The van der Waals surface area contributed by atoms with E-state index in [4.69, 9.17) is 11.6 Å². The average molecular weight is 415 g/mol. The molecule has 0 saturated carbocycles. The molecule has 1 aromatic carbocycles. The first-order chi connectivity index (χ1) is 12.8. The molecular weight excluding hydrogens is 395 g/mol. The first-order valence-electron chi connectivity index (χ1n) is 8.59. The maximum Gasteiger partial charge on any atom is 0.263 e. The predicted octanol–water partition coefficient (Wildman–Crippen LogP) is 3.03. The molecule has 1 aliphatic rings. The second kappa shape index (κ2) is 7.95. The number of amides is 1. The van der Waals surface area contributed by atoms with Crippen molar-refractivity contribution in [2.75, 3.05) is 18.4 Å². The standard InChI is InChI=1S/C17H20ClFN4O3S/c1-22-11-13(16(24)20-12-6-7-15(19)14(18)10-12)17(21-22)27(25,26)23-8-4-2-3-5-9-23/h6-7,10-11H,2-5,8-9H2,1H3,(H,20,24). The van der Waals surface area contributed by atoms with Gasteiger partial charge in [0.2, 0.25) is 5.03 Å². The van der Waals surface area contributed by atoms with Gasteiger partial charge in [0, 0.05) is 32.0 Å². The number of halogens is 2. The summed E-state index contributed by atoms with van der Waals surface area (Å²) in [4.78, 5) is 12.7. The van der Waals surface area contributed by atoms with Crippen LogP contribution in [-0.4, -0.2) is 41.5 Å². The lowest BCUT2D eigenvalue weighted by molar-refractivity contribution is 0.102. The van der Waals surface area contributed by atoms with Crippen LogP contribution in [0.25, 0.3) is 0 Å². The molecule has 27 heavy (non-hydrogen) atoms. The van der Waals surface area contributed by atoms with Gasteiger partial charge < -0.3 is 5.32 Å². The Morgan fingerprint density at radius 3 is 2.52 bits per heavy atom. The van der Waals surface area contributed by atoms with Crippen LogP contribution in [0.2, 0.25) is 5.02 Å². The van der Waals surface area contributed by atoms with Crippen LogP contribution in [0.1, 0.15) is 36.0 Å². The number of aromatic nitrogens is 2. The molecule has 0 unspecified atom stereocenters. The fourth-order valence-corrected chi connectivity index (χ4v) is 4.81. The first-order valence-corrected chi connectivity index (χ1v) is 10.4. The van der Waals surface area contributed by atoms with E-state index in [9.17, 15) is 17.6 Å². The molecule has 0 bridgehead atoms. The van der Waals surface area contributed by atoms with Crippen molar-refractivity contribution in [3.8, 4) is 0 Å². The molecule has 2 aromatic rings. The molecule has 1 aliphatic heterocycles. The summed E-state index contributed by atoms with van der Waals surface area (Å²) in [5.74, 6) is -1.26. The summed E-state index contributed by atoms with van der Waals surface area (Å²) >= 11 is 5.72. The van der Waals surface area contributed by atoms with Crippen LogP contribution in [0, 0.1) is 5.82 Å². The summed E-state index contributed by atoms with van der Waals surface area (Å²) in [6.45, 7) is 0.821. The second-order valence-electron chi connectivity index (χ2n) is 6.42. The SMILES string of the molecule is Cn1cc(C(=O)Nc2ccc(F)c(Cl)c2)c(S(=O)(=O)N2CCCCCC2)n1. The van der Waals surface area contributed by atoms with E-state index < -0.39 is 21.7 Å². The van der Waals surface area contributed by atoms with Gasteiger partial charge in [-0.25, -0.2) is 12.8 Å². The molecule has 1 amide bonds. The Hall–Kier alpha value is -1.97. The number of hydrogen-bond donors (Lipinski definition) is 1. The van der Waals surface area contributed by atoms with E-state index in [0.29, 0.717) is 13.1 Å². The van der Waals surface area contributed by atoms with Crippen LogP contribution >= 0.6 is 11.6 Å². The van der Waals surface area contributed by atoms with E-state index in [2.05, 4.69) is 10.4 Å². The number of anilines is 1. The van der Waals surface area contributed by atoms with Crippen molar-refractivity contribution in [2.45, 2.75) is 30.7 Å². The minimum Gasteiger partial charge on any atom is -0.322 e. The van der Waals surface area contributed by atoms with Crippen LogP contribution in [0.5, 0.6) is 0 Å². The largest absolute Gasteiger partial charge is 0.322 e. The van der Waals surface area contributed by atoms with Crippen molar-refractivity contribution in [2.24, 2.45) is 7.05 Å². The predicted molar refractivity (Wildman–Crippen MR) is 99.8 cm³/mol. The highest BCUT2D eigenvalue weighted by Gasteiger charge is 2.32. The molecule has 0 spiro atoms. The summed E-state index contributed by atoms with van der Waals surface area (Å²) in [6.07, 6.45) is 4.87. The number of carbonyl (C=O) groups is 1. The molecule has 0 aliphatic carbocycles. The van der Waals surface area contributed by atoms with Gasteiger partial charge >= 0.3 is 0 Å². The number of benzene rings is 1. The molecule has 1 fully saturated rings. The number of nitrogens with zero attached hydrogens (tertiary/aromatic N) is 3. The molecule has 3 rings (SSSR count). The first kappa shape index (κ1) is 19.8. The maximum atomic E-state index is 13.3. The quantitative estimate of drug-likeness (QED) is 0.833. The number of aryl methyl sites for hydroxylation is 1. The number of rotatable bonds is 4. The summed E-state index contributed by atoms with van der Waals surface area (Å²) in [5, 5.41) is 6.14. The van der Waals surface area contributed by atoms with Gasteiger partial charge in [-0.3, -0.25) is 9.48 Å². The van der Waals surface area contributed by atoms with Crippen LogP contribution in [0.3, 0.4) is 0 Å². The fourth-order valence-electron chi connectivity index (χ4n) is 2.99. The molecule has 1 N–H and O–H groups in total. The Labute approximate surface area is 162 Å². The van der Waals surface area contributed by atoms with Gasteiger partial charge in [-0.05, 0) is 31.0 Å². The third-order valence-corrected chi connectivity index (χ3v) is 6.49. The minimum absolute atomic E-state index is 0.0674. The van der Waals surface area contributed by atoms with E-state index in [1.54, 1.807) is 7.05 Å². The Kier molecular flexibility index (Phi) is 5.83. The lowest BCUT2D eigenvalue weighted by Gasteiger charge is -2.19. The molecule has 146 valence electrons. The second-order valence-corrected chi connectivity index (χ2v) is 8.68. The van der Waals surface area contributed by atoms with Crippen molar-refractivity contribution in [1.82, 2.24) is 14.1 Å². The molecule has 0 atom stereocenters. The van der Waals surface area contributed by atoms with Crippen molar-refractivity contribution in [1.29, 1.82) is 0 Å². The zero-order valence-corrected chi connectivity index (χ0v) is 16.4. The summed E-state index contributed by atoms with van der Waals surface area (Å²) in [5.41, 5.74) is 0.190. The number of sulfonamides is 1. The maximum absolute atomic E-state index is 13.3. The van der Waals surface area contributed by atoms with Gasteiger partial charge in [-0.2, -0.15) is 9.40 Å².